The van der Waals surface area contributed by atoms with Crippen LogP contribution in [0.3, 0.4) is 0 Å². The molecule has 0 spiro atoms. The topological polar surface area (TPSA) is 54.1 Å². The van der Waals surface area contributed by atoms with Crippen LogP contribution in [-0.4, -0.2) is 24.0 Å². The molecule has 1 aromatic carbocycles. The summed E-state index contributed by atoms with van der Waals surface area (Å²) in [4.78, 5) is 15.2. The van der Waals surface area contributed by atoms with E-state index in [9.17, 15) is 4.79 Å². The Morgan fingerprint density at radius 1 is 1.26 bits per heavy atom. The van der Waals surface area contributed by atoms with E-state index in [0.717, 1.165) is 19.4 Å². The van der Waals surface area contributed by atoms with Gasteiger partial charge >= 0.3 is 0 Å². The molecule has 0 saturated carbocycles. The molecule has 23 heavy (non-hydrogen) atoms. The Morgan fingerprint density at radius 3 is 2.87 bits per heavy atom. The number of amides is 1. The summed E-state index contributed by atoms with van der Waals surface area (Å²) in [6.45, 7) is 1.36. The summed E-state index contributed by atoms with van der Waals surface area (Å²) in [6, 6.07) is 13.7. The van der Waals surface area contributed by atoms with Crippen molar-refractivity contribution >= 4 is 18.1 Å². The van der Waals surface area contributed by atoms with Crippen LogP contribution in [0.1, 0.15) is 34.9 Å². The van der Waals surface area contributed by atoms with Gasteiger partial charge in [0, 0.05) is 25.3 Å². The lowest BCUT2D eigenvalue weighted by Crippen LogP contribution is -2.35. The number of nitrogens with one attached hydrogen (secondary N) is 2. The molecule has 1 aromatic heterocycles. The third-order valence-electron chi connectivity index (χ3n) is 4.16. The summed E-state index contributed by atoms with van der Waals surface area (Å²) in [6.07, 6.45) is 3.83. The summed E-state index contributed by atoms with van der Waals surface area (Å²) in [5.74, 6) is 0.139. The van der Waals surface area contributed by atoms with Gasteiger partial charge in [0.2, 0.25) is 0 Å². The van der Waals surface area contributed by atoms with Crippen LogP contribution in [0.15, 0.2) is 48.7 Å². The lowest BCUT2D eigenvalue weighted by Gasteiger charge is -2.32. The molecule has 0 bridgehead atoms. The van der Waals surface area contributed by atoms with Crippen molar-refractivity contribution in [3.63, 3.8) is 0 Å². The zero-order chi connectivity index (χ0) is 16.1. The van der Waals surface area contributed by atoms with Crippen molar-refractivity contribution in [2.24, 2.45) is 5.92 Å². The van der Waals surface area contributed by atoms with Gasteiger partial charge in [-0.05, 0) is 30.5 Å². The Bertz CT molecular complexity index is 714. The van der Waals surface area contributed by atoms with Crippen LogP contribution in [0.25, 0.3) is 0 Å². The number of H-pyrrole nitrogens is 1. The first-order valence-corrected chi connectivity index (χ1v) is 8.29. The maximum Gasteiger partial charge on any atom is 0.254 e. The van der Waals surface area contributed by atoms with Crippen LogP contribution >= 0.6 is 12.2 Å². The fraction of sp³-hybridized carbons (Fsp3) is 0.333. The number of hydrogen-bond donors (Lipinski definition) is 2. The molecule has 1 aliphatic rings. The molecule has 0 radical (unpaired) electrons. The Hall–Kier alpha value is -1.98. The van der Waals surface area contributed by atoms with Gasteiger partial charge in [0.1, 0.15) is 4.64 Å². The zero-order valence-corrected chi connectivity index (χ0v) is 13.6. The normalized spacial score (nSPS) is 20.9. The molecule has 1 fully saturated rings. The average molecular weight is 328 g/mol. The number of carbonyl (C=O) groups excluding carboxylic acids is 1. The Balaban J connectivity index is 1.67. The fourth-order valence-electron chi connectivity index (χ4n) is 2.98. The third-order valence-corrected chi connectivity index (χ3v) is 4.50. The lowest BCUT2D eigenvalue weighted by atomic mass is 9.89. The van der Waals surface area contributed by atoms with Crippen LogP contribution in [0, 0.1) is 10.6 Å². The maximum atomic E-state index is 12.3. The first-order chi connectivity index (χ1) is 11.3. The molecule has 3 rings (SSSR count). The van der Waals surface area contributed by atoms with Crippen LogP contribution in [0.4, 0.5) is 0 Å². The highest BCUT2D eigenvalue weighted by Crippen LogP contribution is 2.33. The standard InChI is InChI=1S/C18H20N2O2S/c21-17(15-9-4-10-19-18(15)23)20-12-14-8-5-11-22-16(14)13-6-2-1-3-7-13/h1-4,6-7,9-10,14,16H,5,8,11-12H2,(H,19,23)(H,20,21)/t14-,16+/m1/s1. The molecule has 4 nitrogen and oxygen atoms in total. The van der Waals surface area contributed by atoms with E-state index in [-0.39, 0.29) is 17.9 Å². The van der Waals surface area contributed by atoms with Crippen LogP contribution in [0.5, 0.6) is 0 Å². The van der Waals surface area contributed by atoms with Crippen molar-refractivity contribution in [2.75, 3.05) is 13.2 Å². The molecule has 0 unspecified atom stereocenters. The van der Waals surface area contributed by atoms with Crippen molar-refractivity contribution < 1.29 is 9.53 Å². The molecule has 2 N–H and O–H groups in total. The number of aromatic nitrogens is 1. The summed E-state index contributed by atoms with van der Waals surface area (Å²) in [5, 5.41) is 3.00. The van der Waals surface area contributed by atoms with Gasteiger partial charge in [0.25, 0.3) is 5.91 Å². The molecule has 0 aliphatic carbocycles. The molecule has 1 aliphatic heterocycles. The second-order valence-corrected chi connectivity index (χ2v) is 6.14. The van der Waals surface area contributed by atoms with E-state index in [4.69, 9.17) is 17.0 Å². The van der Waals surface area contributed by atoms with E-state index < -0.39 is 0 Å². The SMILES string of the molecule is O=C(NC[C@H]1CCCO[C@H]1c1ccccc1)c1ccc[nH]c1=S. The minimum Gasteiger partial charge on any atom is -0.373 e. The van der Waals surface area contributed by atoms with E-state index >= 15 is 0 Å². The highest BCUT2D eigenvalue weighted by atomic mass is 32.1. The highest BCUT2D eigenvalue weighted by Gasteiger charge is 2.27. The van der Waals surface area contributed by atoms with Crippen molar-refractivity contribution in [1.82, 2.24) is 10.3 Å². The molecular weight excluding hydrogens is 308 g/mol. The van der Waals surface area contributed by atoms with Crippen LogP contribution in [-0.2, 0) is 4.74 Å². The Kier molecular flexibility index (Phi) is 5.20. The third kappa shape index (κ3) is 3.86. The maximum absolute atomic E-state index is 12.3. The van der Waals surface area contributed by atoms with Crippen LogP contribution in [0.2, 0.25) is 0 Å². The van der Waals surface area contributed by atoms with Crippen molar-refractivity contribution in [3.8, 4) is 0 Å². The molecule has 2 aromatic rings. The largest absolute Gasteiger partial charge is 0.373 e. The summed E-state index contributed by atoms with van der Waals surface area (Å²) in [7, 11) is 0. The highest BCUT2D eigenvalue weighted by molar-refractivity contribution is 7.71. The Morgan fingerprint density at radius 2 is 2.09 bits per heavy atom. The minimum absolute atomic E-state index is 0.0376. The molecule has 2 atom stereocenters. The quantitative estimate of drug-likeness (QED) is 0.843. The van der Waals surface area contributed by atoms with Gasteiger partial charge in [-0.3, -0.25) is 4.79 Å². The van der Waals surface area contributed by atoms with Gasteiger partial charge in [0.15, 0.2) is 0 Å². The van der Waals surface area contributed by atoms with Gasteiger partial charge < -0.3 is 15.0 Å². The van der Waals surface area contributed by atoms with Gasteiger partial charge in [-0.2, -0.15) is 0 Å². The number of rotatable bonds is 4. The monoisotopic (exact) mass is 328 g/mol. The fourth-order valence-corrected chi connectivity index (χ4v) is 3.21. The molecule has 120 valence electrons. The van der Waals surface area contributed by atoms with E-state index in [2.05, 4.69) is 22.4 Å². The van der Waals surface area contributed by atoms with Crippen molar-refractivity contribution in [3.05, 3.63) is 64.4 Å². The van der Waals surface area contributed by atoms with Crippen LogP contribution < -0.4 is 5.32 Å². The van der Waals surface area contributed by atoms with Gasteiger partial charge in [0.05, 0.1) is 11.7 Å². The van der Waals surface area contributed by atoms with E-state index in [1.165, 1.54) is 5.56 Å². The number of pyridine rings is 1. The molecular formula is C18H20N2O2S. The number of hydrogen-bond acceptors (Lipinski definition) is 3. The first-order valence-electron chi connectivity index (χ1n) is 7.88. The molecule has 1 saturated heterocycles. The summed E-state index contributed by atoms with van der Waals surface area (Å²) in [5.41, 5.74) is 1.68. The molecule has 2 heterocycles. The average Bonchev–Trinajstić information content (AvgIpc) is 2.61. The van der Waals surface area contributed by atoms with Gasteiger partial charge in [-0.15, -0.1) is 0 Å². The predicted octanol–water partition coefficient (Wildman–Crippen LogP) is 3.64. The minimum atomic E-state index is -0.135. The Labute approximate surface area is 140 Å². The molecule has 5 heteroatoms. The second-order valence-electron chi connectivity index (χ2n) is 5.73. The van der Waals surface area contributed by atoms with E-state index in [0.29, 0.717) is 16.7 Å². The zero-order valence-electron chi connectivity index (χ0n) is 12.8. The van der Waals surface area contributed by atoms with E-state index in [1.54, 1.807) is 18.3 Å². The predicted molar refractivity (Wildman–Crippen MR) is 91.8 cm³/mol. The van der Waals surface area contributed by atoms with Gasteiger partial charge in [-0.25, -0.2) is 0 Å². The smallest absolute Gasteiger partial charge is 0.254 e. The van der Waals surface area contributed by atoms with Crippen molar-refractivity contribution in [2.45, 2.75) is 18.9 Å². The van der Waals surface area contributed by atoms with Crippen molar-refractivity contribution in [1.29, 1.82) is 0 Å². The summed E-state index contributed by atoms with van der Waals surface area (Å²) >= 11 is 5.16. The summed E-state index contributed by atoms with van der Waals surface area (Å²) < 4.78 is 6.42. The second kappa shape index (κ2) is 7.53. The molecule has 1 amide bonds. The van der Waals surface area contributed by atoms with E-state index in [1.807, 2.05) is 18.2 Å². The number of aromatic amines is 1. The number of benzene rings is 1. The number of carbonyl (C=O) groups is 1. The first kappa shape index (κ1) is 15.9. The number of ether oxygens (including phenoxy) is 1. The lowest BCUT2D eigenvalue weighted by molar-refractivity contribution is -0.0272. The van der Waals surface area contributed by atoms with Gasteiger partial charge in [-0.1, -0.05) is 42.5 Å².